The number of benzene rings is 3. The quantitative estimate of drug-likeness (QED) is 0.629. The number of methoxy groups -OCH3 is 1. The molecular weight excluding hydrogens is 372 g/mol. The average molecular weight is 389 g/mol. The molecule has 0 aliphatic carbocycles. The van der Waals surface area contributed by atoms with Gasteiger partial charge < -0.3 is 4.74 Å². The Hall–Kier alpha value is -2.93. The summed E-state index contributed by atoms with van der Waals surface area (Å²) in [6.45, 7) is -0.0801. The van der Waals surface area contributed by atoms with Crippen LogP contribution in [0.2, 0.25) is 0 Å². The van der Waals surface area contributed by atoms with Crippen LogP contribution < -0.4 is 9.04 Å². The third kappa shape index (κ3) is 3.93. The lowest BCUT2D eigenvalue weighted by Gasteiger charge is -2.25. The van der Waals surface area contributed by atoms with Crippen molar-refractivity contribution in [2.45, 2.75) is 11.4 Å². The van der Waals surface area contributed by atoms with Gasteiger partial charge in [0.25, 0.3) is 10.0 Å². The standard InChI is InChI=1S/C20H17F2NO3S/c1-26-17-12-10-16(11-13-17)23(14-15-6-3-2-4-7-15)27(24,25)20-18(21)8-5-9-19(20)22/h2-13H,14H2,1H3. The van der Waals surface area contributed by atoms with Crippen LogP contribution in [0.25, 0.3) is 0 Å². The fourth-order valence-electron chi connectivity index (χ4n) is 2.65. The topological polar surface area (TPSA) is 46.6 Å². The van der Waals surface area contributed by atoms with Crippen molar-refractivity contribution >= 4 is 15.7 Å². The van der Waals surface area contributed by atoms with Gasteiger partial charge in [0.2, 0.25) is 0 Å². The van der Waals surface area contributed by atoms with Crippen LogP contribution in [0.15, 0.2) is 77.7 Å². The molecule has 0 saturated carbocycles. The van der Waals surface area contributed by atoms with E-state index < -0.39 is 26.6 Å². The Bertz CT molecular complexity index is 1000. The van der Waals surface area contributed by atoms with E-state index in [0.29, 0.717) is 11.3 Å². The fraction of sp³-hybridized carbons (Fsp3) is 0.100. The lowest BCUT2D eigenvalue weighted by Crippen LogP contribution is -2.32. The molecule has 7 heteroatoms. The minimum absolute atomic E-state index is 0.0801. The van der Waals surface area contributed by atoms with Gasteiger partial charge in [-0.05, 0) is 42.0 Å². The summed E-state index contributed by atoms with van der Waals surface area (Å²) >= 11 is 0. The van der Waals surface area contributed by atoms with Gasteiger partial charge >= 0.3 is 0 Å². The normalized spacial score (nSPS) is 11.2. The maximum absolute atomic E-state index is 14.2. The monoisotopic (exact) mass is 389 g/mol. The first kappa shape index (κ1) is 18.8. The molecule has 140 valence electrons. The van der Waals surface area contributed by atoms with Crippen molar-refractivity contribution in [1.29, 1.82) is 0 Å². The number of hydrogen-bond donors (Lipinski definition) is 0. The minimum Gasteiger partial charge on any atom is -0.497 e. The van der Waals surface area contributed by atoms with Crippen molar-refractivity contribution in [2.75, 3.05) is 11.4 Å². The van der Waals surface area contributed by atoms with Crippen LogP contribution in [0.1, 0.15) is 5.56 Å². The van der Waals surface area contributed by atoms with Gasteiger partial charge in [0.1, 0.15) is 17.4 Å². The van der Waals surface area contributed by atoms with Crippen molar-refractivity contribution in [3.8, 4) is 5.75 Å². The zero-order chi connectivity index (χ0) is 19.4. The smallest absolute Gasteiger partial charge is 0.270 e. The van der Waals surface area contributed by atoms with Crippen molar-refractivity contribution in [3.05, 3.63) is 90.0 Å². The van der Waals surface area contributed by atoms with Crippen molar-refractivity contribution in [3.63, 3.8) is 0 Å². The summed E-state index contributed by atoms with van der Waals surface area (Å²) in [5.74, 6) is -1.74. The van der Waals surface area contributed by atoms with Crippen molar-refractivity contribution < 1.29 is 21.9 Å². The summed E-state index contributed by atoms with van der Waals surface area (Å²) in [5.41, 5.74) is 0.941. The highest BCUT2D eigenvalue weighted by Crippen LogP contribution is 2.30. The maximum Gasteiger partial charge on any atom is 0.270 e. The largest absolute Gasteiger partial charge is 0.497 e. The molecule has 0 atom stereocenters. The third-order valence-corrected chi connectivity index (χ3v) is 5.82. The Morgan fingerprint density at radius 3 is 2.00 bits per heavy atom. The molecule has 3 aromatic rings. The molecule has 0 radical (unpaired) electrons. The summed E-state index contributed by atoms with van der Waals surface area (Å²) in [6.07, 6.45) is 0. The van der Waals surface area contributed by atoms with E-state index in [1.807, 2.05) is 0 Å². The van der Waals surface area contributed by atoms with Crippen LogP contribution >= 0.6 is 0 Å². The lowest BCUT2D eigenvalue weighted by molar-refractivity contribution is 0.415. The van der Waals surface area contributed by atoms with Gasteiger partial charge in [-0.1, -0.05) is 36.4 Å². The van der Waals surface area contributed by atoms with Gasteiger partial charge in [-0.2, -0.15) is 0 Å². The zero-order valence-corrected chi connectivity index (χ0v) is 15.3. The summed E-state index contributed by atoms with van der Waals surface area (Å²) < 4.78 is 60.8. The SMILES string of the molecule is COc1ccc(N(Cc2ccccc2)S(=O)(=O)c2c(F)cccc2F)cc1. The molecule has 0 fully saturated rings. The highest BCUT2D eigenvalue weighted by Gasteiger charge is 2.31. The Morgan fingerprint density at radius 1 is 0.852 bits per heavy atom. The Morgan fingerprint density at radius 2 is 1.44 bits per heavy atom. The van der Waals surface area contributed by atoms with Gasteiger partial charge in [-0.3, -0.25) is 4.31 Å². The van der Waals surface area contributed by atoms with Gasteiger partial charge in [-0.15, -0.1) is 0 Å². The summed E-state index contributed by atoms with van der Waals surface area (Å²) in [7, 11) is -3.00. The molecule has 0 aliphatic heterocycles. The molecule has 0 amide bonds. The van der Waals surface area contributed by atoms with E-state index in [-0.39, 0.29) is 12.2 Å². The van der Waals surface area contributed by atoms with E-state index >= 15 is 0 Å². The molecular formula is C20H17F2NO3S. The van der Waals surface area contributed by atoms with Gasteiger partial charge in [0.15, 0.2) is 4.90 Å². The molecule has 0 spiro atoms. The van der Waals surface area contributed by atoms with E-state index in [2.05, 4.69) is 0 Å². The Labute approximate surface area is 156 Å². The third-order valence-electron chi connectivity index (χ3n) is 4.00. The second kappa shape index (κ2) is 7.75. The number of nitrogens with zero attached hydrogens (tertiary/aromatic N) is 1. The summed E-state index contributed by atoms with van der Waals surface area (Å²) in [5, 5.41) is 0. The van der Waals surface area contributed by atoms with Crippen LogP contribution in [-0.4, -0.2) is 15.5 Å². The van der Waals surface area contributed by atoms with E-state index in [1.165, 1.54) is 19.2 Å². The molecule has 27 heavy (non-hydrogen) atoms. The van der Waals surface area contributed by atoms with Crippen LogP contribution in [0.3, 0.4) is 0 Å². The molecule has 0 unspecified atom stereocenters. The van der Waals surface area contributed by atoms with Gasteiger partial charge in [-0.25, -0.2) is 17.2 Å². The van der Waals surface area contributed by atoms with Crippen LogP contribution in [0, 0.1) is 11.6 Å². The second-order valence-corrected chi connectivity index (χ2v) is 7.55. The summed E-state index contributed by atoms with van der Waals surface area (Å²) in [4.78, 5) is -0.975. The highest BCUT2D eigenvalue weighted by molar-refractivity contribution is 7.92. The van der Waals surface area contributed by atoms with Gasteiger partial charge in [0.05, 0.1) is 19.3 Å². The van der Waals surface area contributed by atoms with Gasteiger partial charge in [0, 0.05) is 0 Å². The van der Waals surface area contributed by atoms with Crippen LogP contribution in [0.4, 0.5) is 14.5 Å². The number of rotatable bonds is 6. The molecule has 4 nitrogen and oxygen atoms in total. The number of sulfonamides is 1. The molecule has 0 saturated heterocycles. The first-order valence-corrected chi connectivity index (χ1v) is 9.52. The molecule has 0 bridgehead atoms. The predicted octanol–water partition coefficient (Wildman–Crippen LogP) is 4.37. The number of halogens is 2. The number of anilines is 1. The molecule has 0 aromatic heterocycles. The van der Waals surface area contributed by atoms with Crippen molar-refractivity contribution in [2.24, 2.45) is 0 Å². The first-order chi connectivity index (χ1) is 12.9. The predicted molar refractivity (Wildman–Crippen MR) is 99.2 cm³/mol. The molecule has 0 heterocycles. The van der Waals surface area contributed by atoms with E-state index in [9.17, 15) is 17.2 Å². The molecule has 3 rings (SSSR count). The van der Waals surface area contributed by atoms with E-state index in [0.717, 1.165) is 22.5 Å². The Balaban J connectivity index is 2.13. The molecule has 0 N–H and O–H groups in total. The maximum atomic E-state index is 14.2. The van der Waals surface area contributed by atoms with E-state index in [1.54, 1.807) is 42.5 Å². The first-order valence-electron chi connectivity index (χ1n) is 8.08. The lowest BCUT2D eigenvalue weighted by atomic mass is 10.2. The van der Waals surface area contributed by atoms with Crippen LogP contribution in [-0.2, 0) is 16.6 Å². The highest BCUT2D eigenvalue weighted by atomic mass is 32.2. The second-order valence-electron chi connectivity index (χ2n) is 5.75. The average Bonchev–Trinajstić information content (AvgIpc) is 2.66. The molecule has 0 aliphatic rings. The number of hydrogen-bond acceptors (Lipinski definition) is 3. The zero-order valence-electron chi connectivity index (χ0n) is 14.5. The van der Waals surface area contributed by atoms with E-state index in [4.69, 9.17) is 4.74 Å². The number of ether oxygens (including phenoxy) is 1. The molecule has 3 aromatic carbocycles. The minimum atomic E-state index is -4.49. The summed E-state index contributed by atoms with van der Waals surface area (Å²) in [6, 6.07) is 18.0. The fourth-order valence-corrected chi connectivity index (χ4v) is 4.22. The van der Waals surface area contributed by atoms with Crippen LogP contribution in [0.5, 0.6) is 5.75 Å². The van der Waals surface area contributed by atoms with Crippen molar-refractivity contribution in [1.82, 2.24) is 0 Å². The Kier molecular flexibility index (Phi) is 5.41.